The van der Waals surface area contributed by atoms with Gasteiger partial charge in [0.2, 0.25) is 10.2 Å². The second-order valence-corrected chi connectivity index (χ2v) is 4.77. The topological polar surface area (TPSA) is 0 Å². The highest BCUT2D eigenvalue weighted by Crippen LogP contribution is 2.64. The van der Waals surface area contributed by atoms with E-state index in [0.29, 0.717) is 0 Å². The summed E-state index contributed by atoms with van der Waals surface area (Å²) in [5.74, 6) is -17.6. The van der Waals surface area contributed by atoms with Crippen LogP contribution < -0.4 is 0 Å². The maximum absolute atomic E-state index is 13.2. The summed E-state index contributed by atoms with van der Waals surface area (Å²) in [6.07, 6.45) is 0. The molecule has 0 N–H and O–H groups in total. The van der Waals surface area contributed by atoms with Crippen LogP contribution >= 0.6 is 34.8 Å². The Morgan fingerprint density at radius 3 is 1.50 bits per heavy atom. The normalized spacial score (nSPS) is 36.4. The minimum atomic E-state index is -5.81. The van der Waals surface area contributed by atoms with Gasteiger partial charge in [0.1, 0.15) is 0 Å². The highest BCUT2D eigenvalue weighted by Gasteiger charge is 2.83. The Labute approximate surface area is 98.9 Å². The third-order valence-corrected chi connectivity index (χ3v) is 3.49. The van der Waals surface area contributed by atoms with E-state index >= 15 is 0 Å². The highest BCUT2D eigenvalue weighted by molar-refractivity contribution is 6.55. The average molecular weight is 311 g/mol. The van der Waals surface area contributed by atoms with E-state index in [-0.39, 0.29) is 0 Å². The Hall–Kier alpha value is 0.120. The molecule has 16 heavy (non-hydrogen) atoms. The molecule has 1 aliphatic carbocycles. The number of halogens is 10. The molecule has 0 amide bonds. The molecule has 0 saturated heterocycles. The Morgan fingerprint density at radius 2 is 1.12 bits per heavy atom. The number of hydrogen-bond donors (Lipinski definition) is 0. The molecule has 0 aromatic carbocycles. The quantitative estimate of drug-likeness (QED) is 0.456. The lowest BCUT2D eigenvalue weighted by Crippen LogP contribution is -2.64. The summed E-state index contributed by atoms with van der Waals surface area (Å²) in [4.78, 5) is 0. The first-order valence-electron chi connectivity index (χ1n) is 3.39. The van der Waals surface area contributed by atoms with Gasteiger partial charge in [-0.2, -0.15) is 17.6 Å². The lowest BCUT2D eigenvalue weighted by atomic mass is 9.94. The van der Waals surface area contributed by atoms with E-state index in [0.717, 1.165) is 0 Å². The van der Waals surface area contributed by atoms with E-state index < -0.39 is 33.0 Å². The zero-order valence-electron chi connectivity index (χ0n) is 6.78. The van der Waals surface area contributed by atoms with Crippen molar-refractivity contribution in [2.75, 3.05) is 0 Å². The van der Waals surface area contributed by atoms with Crippen molar-refractivity contribution >= 4 is 34.8 Å². The molecule has 0 fully saturated rings. The van der Waals surface area contributed by atoms with Crippen LogP contribution in [0.1, 0.15) is 0 Å². The number of rotatable bonds is 0. The first-order valence-corrected chi connectivity index (χ1v) is 4.52. The molecule has 1 rings (SSSR count). The summed E-state index contributed by atoms with van der Waals surface area (Å²) >= 11 is 13.8. The number of alkyl halides is 8. The summed E-state index contributed by atoms with van der Waals surface area (Å²) in [5.41, 5.74) is 0. The highest BCUT2D eigenvalue weighted by atomic mass is 35.5. The van der Waals surface area contributed by atoms with Crippen molar-refractivity contribution in [3.05, 3.63) is 11.7 Å². The van der Waals surface area contributed by atoms with Crippen molar-refractivity contribution in [2.24, 2.45) is 0 Å². The lowest BCUT2D eigenvalue weighted by Gasteiger charge is -2.42. The fourth-order valence-corrected chi connectivity index (χ4v) is 1.55. The van der Waals surface area contributed by atoms with Gasteiger partial charge in [0.05, 0.1) is 0 Å². The van der Waals surface area contributed by atoms with Crippen molar-refractivity contribution in [2.45, 2.75) is 21.3 Å². The second kappa shape index (κ2) is 3.32. The molecule has 94 valence electrons. The van der Waals surface area contributed by atoms with E-state index in [1.807, 2.05) is 0 Å². The van der Waals surface area contributed by atoms with Gasteiger partial charge >= 0.3 is 11.8 Å². The monoisotopic (exact) mass is 310 g/mol. The molecule has 0 aliphatic heterocycles. The Bertz CT molecular complexity index is 325. The van der Waals surface area contributed by atoms with Crippen LogP contribution in [0.25, 0.3) is 0 Å². The van der Waals surface area contributed by atoms with Crippen molar-refractivity contribution < 1.29 is 30.7 Å². The summed E-state index contributed by atoms with van der Waals surface area (Å²) in [5, 5.41) is -4.90. The molecular weight excluding hydrogens is 311 g/mol. The molecule has 1 aliphatic rings. The Balaban J connectivity index is 3.64. The van der Waals surface area contributed by atoms with Crippen molar-refractivity contribution in [3.8, 4) is 0 Å². The maximum atomic E-state index is 13.2. The van der Waals surface area contributed by atoms with Crippen molar-refractivity contribution in [1.82, 2.24) is 0 Å². The molecular formula is C6Cl3F7. The third kappa shape index (κ3) is 1.31. The van der Waals surface area contributed by atoms with Gasteiger partial charge in [-0.25, -0.2) is 13.2 Å². The van der Waals surface area contributed by atoms with Gasteiger partial charge in [0, 0.05) is 0 Å². The van der Waals surface area contributed by atoms with Gasteiger partial charge in [0.15, 0.2) is 5.83 Å². The second-order valence-electron chi connectivity index (χ2n) is 2.93. The smallest absolute Gasteiger partial charge is 0.215 e. The SMILES string of the molecule is FC1=C(F)C(Cl)(Cl)C(F)(Cl)C(F)(F)C1(F)F. The summed E-state index contributed by atoms with van der Waals surface area (Å²) < 4.78 is 85.4. The van der Waals surface area contributed by atoms with Crippen LogP contribution in [0.5, 0.6) is 0 Å². The minimum Gasteiger partial charge on any atom is -0.215 e. The Kier molecular flexibility index (Phi) is 2.95. The molecule has 0 aromatic rings. The van der Waals surface area contributed by atoms with Gasteiger partial charge in [-0.1, -0.05) is 34.8 Å². The van der Waals surface area contributed by atoms with Crippen LogP contribution in [0.2, 0.25) is 0 Å². The molecule has 0 radical (unpaired) electrons. The average Bonchev–Trinajstić information content (AvgIpc) is 2.12. The van der Waals surface area contributed by atoms with E-state index in [4.69, 9.17) is 23.2 Å². The van der Waals surface area contributed by atoms with E-state index in [1.54, 1.807) is 0 Å². The molecule has 0 spiro atoms. The molecule has 0 bridgehead atoms. The molecule has 10 heteroatoms. The van der Waals surface area contributed by atoms with Gasteiger partial charge in [-0.3, -0.25) is 0 Å². The number of hydrogen-bond acceptors (Lipinski definition) is 0. The number of allylic oxidation sites excluding steroid dienone is 2. The van der Waals surface area contributed by atoms with E-state index in [1.165, 1.54) is 0 Å². The largest absolute Gasteiger partial charge is 0.368 e. The van der Waals surface area contributed by atoms with Gasteiger partial charge in [0.25, 0.3) is 5.13 Å². The van der Waals surface area contributed by atoms with Gasteiger partial charge in [-0.15, -0.1) is 0 Å². The van der Waals surface area contributed by atoms with Crippen LogP contribution in [0.4, 0.5) is 30.7 Å². The first-order chi connectivity index (χ1) is 6.82. The van der Waals surface area contributed by atoms with Crippen LogP contribution in [0.3, 0.4) is 0 Å². The maximum Gasteiger partial charge on any atom is 0.368 e. The zero-order chi connectivity index (χ0) is 13.2. The molecule has 1 unspecified atom stereocenters. The minimum absolute atomic E-state index is 2.79. The summed E-state index contributed by atoms with van der Waals surface area (Å²) in [6, 6.07) is 0. The van der Waals surface area contributed by atoms with Crippen LogP contribution in [-0.4, -0.2) is 21.3 Å². The van der Waals surface area contributed by atoms with Crippen LogP contribution in [0.15, 0.2) is 11.7 Å². The standard InChI is InChI=1S/C6Cl3F7/c7-3(8)1(10)2(11)4(12,13)6(15,16)5(3,9)14. The van der Waals surface area contributed by atoms with Gasteiger partial charge in [-0.05, 0) is 0 Å². The third-order valence-electron chi connectivity index (χ3n) is 1.93. The molecule has 0 aromatic heterocycles. The fraction of sp³-hybridized carbons (Fsp3) is 0.667. The summed E-state index contributed by atoms with van der Waals surface area (Å²) in [6.45, 7) is 0. The first kappa shape index (κ1) is 14.2. The van der Waals surface area contributed by atoms with Crippen LogP contribution in [-0.2, 0) is 0 Å². The summed E-state index contributed by atoms with van der Waals surface area (Å²) in [7, 11) is 0. The predicted molar refractivity (Wildman–Crippen MR) is 43.3 cm³/mol. The Morgan fingerprint density at radius 1 is 0.750 bits per heavy atom. The van der Waals surface area contributed by atoms with Crippen LogP contribution in [0, 0.1) is 0 Å². The fourth-order valence-electron chi connectivity index (χ4n) is 0.946. The van der Waals surface area contributed by atoms with E-state index in [2.05, 4.69) is 11.6 Å². The molecule has 0 heterocycles. The molecule has 0 saturated carbocycles. The molecule has 0 nitrogen and oxygen atoms in total. The van der Waals surface area contributed by atoms with Crippen molar-refractivity contribution in [1.29, 1.82) is 0 Å². The van der Waals surface area contributed by atoms with Gasteiger partial charge < -0.3 is 0 Å². The lowest BCUT2D eigenvalue weighted by molar-refractivity contribution is -0.249. The predicted octanol–water partition coefficient (Wildman–Crippen LogP) is 4.50. The van der Waals surface area contributed by atoms with Crippen molar-refractivity contribution in [3.63, 3.8) is 0 Å². The zero-order valence-corrected chi connectivity index (χ0v) is 9.05. The molecule has 1 atom stereocenters. The van der Waals surface area contributed by atoms with E-state index in [9.17, 15) is 30.7 Å².